The van der Waals surface area contributed by atoms with Gasteiger partial charge >= 0.3 is 5.76 Å². The topological polar surface area (TPSA) is 141 Å². The van der Waals surface area contributed by atoms with Crippen molar-refractivity contribution in [3.05, 3.63) is 91.8 Å². The number of hydrogen-bond donors (Lipinski definition) is 2. The monoisotopic (exact) mass is 644 g/mol. The number of H-pyrrole nitrogens is 1. The number of hydrogen-bond acceptors (Lipinski definition) is 8. The Morgan fingerprint density at radius 2 is 1.85 bits per heavy atom. The van der Waals surface area contributed by atoms with Gasteiger partial charge in [-0.25, -0.2) is 13.7 Å². The predicted octanol–water partition coefficient (Wildman–Crippen LogP) is 5.55. The molecular formula is C35H41FN6O5. The summed E-state index contributed by atoms with van der Waals surface area (Å²) in [5, 5.41) is 18.8. The minimum absolute atomic E-state index is 0.0138. The van der Waals surface area contributed by atoms with E-state index in [0.717, 1.165) is 25.0 Å². The number of aryl methyl sites for hydroxylation is 2. The Balaban J connectivity index is 1.35. The van der Waals surface area contributed by atoms with Crippen LogP contribution >= 0.6 is 0 Å². The van der Waals surface area contributed by atoms with Crippen molar-refractivity contribution in [2.45, 2.75) is 103 Å². The minimum atomic E-state index is -0.947. The zero-order valence-electron chi connectivity index (χ0n) is 27.4. The Bertz CT molecular complexity index is 2010. The first-order valence-corrected chi connectivity index (χ1v) is 16.3. The van der Waals surface area contributed by atoms with Crippen molar-refractivity contribution < 1.29 is 18.8 Å². The number of ether oxygens (including phenoxy) is 1. The number of rotatable bonds is 10. The average Bonchev–Trinajstić information content (AvgIpc) is 3.65. The van der Waals surface area contributed by atoms with Crippen LogP contribution < -0.4 is 11.3 Å². The van der Waals surface area contributed by atoms with Crippen molar-refractivity contribution in [3.8, 4) is 22.5 Å². The molecular weight excluding hydrogens is 603 g/mol. The summed E-state index contributed by atoms with van der Waals surface area (Å²) in [5.41, 5.74) is 2.37. The molecule has 1 aliphatic rings. The summed E-state index contributed by atoms with van der Waals surface area (Å²) in [6.45, 7) is 9.20. The lowest BCUT2D eigenvalue weighted by Gasteiger charge is -2.35. The lowest BCUT2D eigenvalue weighted by molar-refractivity contribution is -0.118. The lowest BCUT2D eigenvalue weighted by atomic mass is 9.91. The van der Waals surface area contributed by atoms with Crippen LogP contribution in [0.4, 0.5) is 4.39 Å². The summed E-state index contributed by atoms with van der Waals surface area (Å²) in [5.74, 6) is 0.195. The lowest BCUT2D eigenvalue weighted by Crippen LogP contribution is -2.40. The fraction of sp³-hybridized carbons (Fsp3) is 0.457. The number of fused-ring (bicyclic) bond motifs is 1. The van der Waals surface area contributed by atoms with Crippen molar-refractivity contribution in [3.63, 3.8) is 0 Å². The molecule has 248 valence electrons. The van der Waals surface area contributed by atoms with Crippen LogP contribution in [-0.2, 0) is 17.6 Å². The first kappa shape index (κ1) is 32.5. The molecule has 1 atom stereocenters. The molecule has 0 amide bonds. The van der Waals surface area contributed by atoms with Crippen molar-refractivity contribution in [1.29, 1.82) is 0 Å². The molecule has 2 aromatic carbocycles. The number of nitrogens with zero attached hydrogens (tertiary/aromatic N) is 5. The summed E-state index contributed by atoms with van der Waals surface area (Å²) in [7, 11) is 0. The van der Waals surface area contributed by atoms with Gasteiger partial charge in [-0.15, -0.1) is 0 Å². The molecule has 0 bridgehead atoms. The van der Waals surface area contributed by atoms with Gasteiger partial charge in [0.15, 0.2) is 5.82 Å². The third-order valence-electron chi connectivity index (χ3n) is 9.23. The van der Waals surface area contributed by atoms with Crippen LogP contribution in [-0.4, -0.2) is 52.2 Å². The molecule has 0 saturated heterocycles. The van der Waals surface area contributed by atoms with Crippen molar-refractivity contribution in [2.24, 2.45) is 0 Å². The molecule has 1 fully saturated rings. The second kappa shape index (κ2) is 13.0. The zero-order chi connectivity index (χ0) is 33.5. The van der Waals surface area contributed by atoms with Gasteiger partial charge in [0.05, 0.1) is 23.5 Å². The van der Waals surface area contributed by atoms with Gasteiger partial charge in [0, 0.05) is 23.6 Å². The summed E-state index contributed by atoms with van der Waals surface area (Å²) < 4.78 is 30.3. The Kier molecular flexibility index (Phi) is 8.99. The molecule has 0 spiro atoms. The van der Waals surface area contributed by atoms with Gasteiger partial charge in [0.1, 0.15) is 11.6 Å². The fourth-order valence-electron chi connectivity index (χ4n) is 6.46. The second-order valence-corrected chi connectivity index (χ2v) is 13.1. The highest BCUT2D eigenvalue weighted by molar-refractivity contribution is 5.80. The average molecular weight is 645 g/mol. The highest BCUT2D eigenvalue weighted by Gasteiger charge is 2.32. The van der Waals surface area contributed by atoms with Crippen LogP contribution in [0, 0.1) is 12.7 Å². The Hall–Kier alpha value is -4.42. The molecule has 1 aliphatic carbocycles. The van der Waals surface area contributed by atoms with Gasteiger partial charge < -0.3 is 9.84 Å². The third-order valence-corrected chi connectivity index (χ3v) is 9.23. The highest BCUT2D eigenvalue weighted by atomic mass is 19.1. The summed E-state index contributed by atoms with van der Waals surface area (Å²) in [6.07, 6.45) is 4.00. The number of aromatic nitrogens is 6. The van der Waals surface area contributed by atoms with Gasteiger partial charge in [0.2, 0.25) is 5.78 Å². The Morgan fingerprint density at radius 1 is 1.13 bits per heavy atom. The van der Waals surface area contributed by atoms with Gasteiger partial charge in [-0.2, -0.15) is 10.1 Å². The number of aromatic amines is 1. The molecule has 1 saturated carbocycles. The van der Waals surface area contributed by atoms with Crippen LogP contribution in [0.15, 0.2) is 56.6 Å². The van der Waals surface area contributed by atoms with E-state index in [0.29, 0.717) is 58.7 Å². The van der Waals surface area contributed by atoms with Crippen LogP contribution in [0.5, 0.6) is 0 Å². The SMILES string of the molecule is CCCc1c(Cc2ccc(-c3ccccc3-c3noc(=O)[nH]3)cc2F)c(=O)n([C@H]2CC[C@H](OC(C)C(C)(C)O)CC2)c2nc(C)nn12. The fourth-order valence-corrected chi connectivity index (χ4v) is 6.46. The van der Waals surface area contributed by atoms with Gasteiger partial charge in [-0.05, 0) is 82.6 Å². The quantitative estimate of drug-likeness (QED) is 0.202. The van der Waals surface area contributed by atoms with Crippen molar-refractivity contribution in [1.82, 2.24) is 29.3 Å². The first-order chi connectivity index (χ1) is 22.4. The van der Waals surface area contributed by atoms with Crippen molar-refractivity contribution in [2.75, 3.05) is 0 Å². The number of benzene rings is 2. The summed E-state index contributed by atoms with van der Waals surface area (Å²) in [6, 6.07) is 12.1. The van der Waals surface area contributed by atoms with Crippen LogP contribution in [0.3, 0.4) is 0 Å². The largest absolute Gasteiger partial charge is 0.439 e. The Labute approximate surface area is 271 Å². The van der Waals surface area contributed by atoms with Crippen molar-refractivity contribution >= 4 is 5.78 Å². The maximum absolute atomic E-state index is 15.9. The third kappa shape index (κ3) is 6.57. The molecule has 2 N–H and O–H groups in total. The standard InChI is InChI=1S/C35H41FN6O5/c1-6-9-30-28(18-23-13-12-22(19-29(23)36)26-10-7-8-11-27(26)31-38-34(44)47-40-31)32(43)41(33-37-21(3)39-42(30)33)24-14-16-25(17-15-24)46-20(2)35(4,5)45/h7-8,10-13,19-20,24-25,45H,6,9,14-18H2,1-5H3,(H,38,40,44)/t20?,24-,25-. The normalized spacial score (nSPS) is 17.8. The van der Waals surface area contributed by atoms with E-state index in [1.165, 1.54) is 6.07 Å². The smallest absolute Gasteiger partial charge is 0.388 e. The number of halogens is 1. The minimum Gasteiger partial charge on any atom is -0.388 e. The van der Waals surface area contributed by atoms with Gasteiger partial charge in [-0.3, -0.25) is 18.9 Å². The van der Waals surface area contributed by atoms with E-state index >= 15 is 4.39 Å². The van der Waals surface area contributed by atoms with E-state index in [1.54, 1.807) is 41.1 Å². The number of aliphatic hydroxyl groups is 1. The second-order valence-electron chi connectivity index (χ2n) is 13.1. The maximum atomic E-state index is 15.9. The molecule has 12 heteroatoms. The number of nitrogens with one attached hydrogen (secondary N) is 1. The molecule has 0 radical (unpaired) electrons. The van der Waals surface area contributed by atoms with E-state index in [4.69, 9.17) is 4.74 Å². The summed E-state index contributed by atoms with van der Waals surface area (Å²) >= 11 is 0. The first-order valence-electron chi connectivity index (χ1n) is 16.3. The maximum Gasteiger partial charge on any atom is 0.439 e. The Morgan fingerprint density at radius 3 is 2.49 bits per heavy atom. The van der Waals surface area contributed by atoms with E-state index < -0.39 is 17.2 Å². The molecule has 5 aromatic rings. The van der Waals surface area contributed by atoms with Crippen LogP contribution in [0.1, 0.15) is 88.5 Å². The van der Waals surface area contributed by atoms with E-state index in [1.807, 2.05) is 39.0 Å². The molecule has 3 aromatic heterocycles. The predicted molar refractivity (Wildman–Crippen MR) is 175 cm³/mol. The van der Waals surface area contributed by atoms with E-state index in [-0.39, 0.29) is 36.1 Å². The van der Waals surface area contributed by atoms with Gasteiger partial charge in [-0.1, -0.05) is 54.9 Å². The molecule has 6 rings (SSSR count). The highest BCUT2D eigenvalue weighted by Crippen LogP contribution is 2.34. The van der Waals surface area contributed by atoms with E-state index in [2.05, 4.69) is 24.7 Å². The van der Waals surface area contributed by atoms with E-state index in [9.17, 15) is 14.7 Å². The molecule has 3 heterocycles. The zero-order valence-corrected chi connectivity index (χ0v) is 27.4. The summed E-state index contributed by atoms with van der Waals surface area (Å²) in [4.78, 5) is 33.3. The molecule has 11 nitrogen and oxygen atoms in total. The molecule has 47 heavy (non-hydrogen) atoms. The molecule has 1 unspecified atom stereocenters. The van der Waals surface area contributed by atoms with Crippen LogP contribution in [0.2, 0.25) is 0 Å². The van der Waals surface area contributed by atoms with Crippen LogP contribution in [0.25, 0.3) is 28.3 Å². The molecule has 0 aliphatic heterocycles. The van der Waals surface area contributed by atoms with Gasteiger partial charge in [0.25, 0.3) is 5.56 Å².